The average Bonchev–Trinajstić information content (AvgIpc) is 2.49. The standard InChI is InChI=1S/C17H19NO3/c1-12-10-14(6-7-16(12)21-9-8-18-2)13-4-3-5-15(11-13)17(19)20/h3-7,10-11,18H,8-9H2,1-2H3,(H,19,20). The lowest BCUT2D eigenvalue weighted by Crippen LogP contribution is -2.16. The van der Waals surface area contributed by atoms with Gasteiger partial charge in [0, 0.05) is 6.54 Å². The quantitative estimate of drug-likeness (QED) is 0.801. The topological polar surface area (TPSA) is 58.6 Å². The molecule has 0 bridgehead atoms. The third-order valence-electron chi connectivity index (χ3n) is 3.23. The second-order valence-electron chi connectivity index (χ2n) is 4.82. The van der Waals surface area contributed by atoms with Crippen LogP contribution in [0.4, 0.5) is 0 Å². The van der Waals surface area contributed by atoms with Gasteiger partial charge in [0.25, 0.3) is 0 Å². The molecular weight excluding hydrogens is 266 g/mol. The smallest absolute Gasteiger partial charge is 0.335 e. The van der Waals surface area contributed by atoms with Crippen LogP contribution in [0.3, 0.4) is 0 Å². The van der Waals surface area contributed by atoms with Gasteiger partial charge in [-0.1, -0.05) is 18.2 Å². The zero-order valence-electron chi connectivity index (χ0n) is 12.2. The average molecular weight is 285 g/mol. The highest BCUT2D eigenvalue weighted by Crippen LogP contribution is 2.26. The van der Waals surface area contributed by atoms with Gasteiger partial charge in [-0.2, -0.15) is 0 Å². The van der Waals surface area contributed by atoms with Gasteiger partial charge in [0.15, 0.2) is 0 Å². The summed E-state index contributed by atoms with van der Waals surface area (Å²) in [5.41, 5.74) is 3.19. The number of hydrogen-bond donors (Lipinski definition) is 2. The number of carboxylic acids is 1. The second-order valence-corrected chi connectivity index (χ2v) is 4.82. The first-order valence-corrected chi connectivity index (χ1v) is 6.83. The zero-order chi connectivity index (χ0) is 15.2. The van der Waals surface area contributed by atoms with Crippen LogP contribution in [0, 0.1) is 6.92 Å². The summed E-state index contributed by atoms with van der Waals surface area (Å²) in [5, 5.41) is 12.1. The lowest BCUT2D eigenvalue weighted by atomic mass is 10.0. The van der Waals surface area contributed by atoms with Crippen molar-refractivity contribution in [3.63, 3.8) is 0 Å². The van der Waals surface area contributed by atoms with E-state index in [1.54, 1.807) is 18.2 Å². The predicted octanol–water partition coefficient (Wildman–Crippen LogP) is 2.96. The summed E-state index contributed by atoms with van der Waals surface area (Å²) >= 11 is 0. The van der Waals surface area contributed by atoms with Crippen LogP contribution in [0.1, 0.15) is 15.9 Å². The monoisotopic (exact) mass is 285 g/mol. The van der Waals surface area contributed by atoms with Gasteiger partial charge in [-0.05, 0) is 54.9 Å². The molecule has 0 fully saturated rings. The minimum atomic E-state index is -0.916. The molecule has 2 rings (SSSR count). The molecule has 0 aliphatic heterocycles. The fraction of sp³-hybridized carbons (Fsp3) is 0.235. The summed E-state index contributed by atoms with van der Waals surface area (Å²) in [6, 6.07) is 12.8. The molecule has 2 aromatic rings. The Morgan fingerprint density at radius 1 is 1.19 bits per heavy atom. The molecule has 0 amide bonds. The molecule has 21 heavy (non-hydrogen) atoms. The highest BCUT2D eigenvalue weighted by atomic mass is 16.5. The number of benzene rings is 2. The maximum absolute atomic E-state index is 11.0. The van der Waals surface area contributed by atoms with Crippen LogP contribution in [0.5, 0.6) is 5.75 Å². The summed E-state index contributed by atoms with van der Waals surface area (Å²) < 4.78 is 5.67. The molecule has 0 aliphatic carbocycles. The lowest BCUT2D eigenvalue weighted by Gasteiger charge is -2.11. The van der Waals surface area contributed by atoms with E-state index < -0.39 is 5.97 Å². The fourth-order valence-electron chi connectivity index (χ4n) is 2.09. The number of carboxylic acid groups (broad SMARTS) is 1. The van der Waals surface area contributed by atoms with Crippen LogP contribution in [0.25, 0.3) is 11.1 Å². The highest BCUT2D eigenvalue weighted by Gasteiger charge is 2.07. The molecular formula is C17H19NO3. The molecule has 0 atom stereocenters. The summed E-state index contributed by atoms with van der Waals surface area (Å²) in [4.78, 5) is 11.0. The minimum Gasteiger partial charge on any atom is -0.492 e. The maximum Gasteiger partial charge on any atom is 0.335 e. The first-order chi connectivity index (χ1) is 10.1. The van der Waals surface area contributed by atoms with E-state index in [0.717, 1.165) is 29.0 Å². The van der Waals surface area contributed by atoms with Crippen LogP contribution < -0.4 is 10.1 Å². The molecule has 0 unspecified atom stereocenters. The van der Waals surface area contributed by atoms with Crippen molar-refractivity contribution in [2.45, 2.75) is 6.92 Å². The van der Waals surface area contributed by atoms with Gasteiger partial charge in [-0.25, -0.2) is 4.79 Å². The zero-order valence-corrected chi connectivity index (χ0v) is 12.2. The maximum atomic E-state index is 11.0. The Labute approximate surface area is 124 Å². The Morgan fingerprint density at radius 3 is 2.62 bits per heavy atom. The number of aryl methyl sites for hydroxylation is 1. The number of nitrogens with one attached hydrogen (secondary N) is 1. The van der Waals surface area contributed by atoms with Crippen molar-refractivity contribution < 1.29 is 14.6 Å². The van der Waals surface area contributed by atoms with E-state index in [9.17, 15) is 4.79 Å². The normalized spacial score (nSPS) is 10.4. The Morgan fingerprint density at radius 2 is 1.95 bits per heavy atom. The third-order valence-corrected chi connectivity index (χ3v) is 3.23. The SMILES string of the molecule is CNCCOc1ccc(-c2cccc(C(=O)O)c2)cc1C. The molecule has 2 aromatic carbocycles. The molecule has 0 aliphatic rings. The van der Waals surface area contributed by atoms with Crippen molar-refractivity contribution in [3.05, 3.63) is 53.6 Å². The van der Waals surface area contributed by atoms with E-state index in [1.807, 2.05) is 38.2 Å². The van der Waals surface area contributed by atoms with Crippen molar-refractivity contribution in [1.29, 1.82) is 0 Å². The molecule has 110 valence electrons. The largest absolute Gasteiger partial charge is 0.492 e. The molecule has 2 N–H and O–H groups in total. The van der Waals surface area contributed by atoms with Gasteiger partial charge >= 0.3 is 5.97 Å². The number of carbonyl (C=O) groups is 1. The van der Waals surface area contributed by atoms with E-state index in [1.165, 1.54) is 0 Å². The lowest BCUT2D eigenvalue weighted by molar-refractivity contribution is 0.0697. The first kappa shape index (κ1) is 15.1. The van der Waals surface area contributed by atoms with Gasteiger partial charge in [0.1, 0.15) is 12.4 Å². The van der Waals surface area contributed by atoms with Crippen molar-refractivity contribution in [2.75, 3.05) is 20.2 Å². The van der Waals surface area contributed by atoms with Gasteiger partial charge in [0.05, 0.1) is 5.56 Å². The molecule has 0 radical (unpaired) electrons. The first-order valence-electron chi connectivity index (χ1n) is 6.83. The summed E-state index contributed by atoms with van der Waals surface area (Å²) in [6.45, 7) is 3.40. The van der Waals surface area contributed by atoms with E-state index in [0.29, 0.717) is 12.2 Å². The number of rotatable bonds is 6. The third kappa shape index (κ3) is 3.83. The Kier molecular flexibility index (Phi) is 4.95. The van der Waals surface area contributed by atoms with Gasteiger partial charge in [-0.3, -0.25) is 0 Å². The Bertz CT molecular complexity index is 638. The molecule has 4 heteroatoms. The van der Waals surface area contributed by atoms with E-state index in [2.05, 4.69) is 5.32 Å². The van der Waals surface area contributed by atoms with E-state index in [-0.39, 0.29) is 0 Å². The molecule has 0 heterocycles. The van der Waals surface area contributed by atoms with Gasteiger partial charge in [0.2, 0.25) is 0 Å². The predicted molar refractivity (Wildman–Crippen MR) is 83.0 cm³/mol. The molecule has 0 saturated heterocycles. The minimum absolute atomic E-state index is 0.291. The highest BCUT2D eigenvalue weighted by molar-refractivity contribution is 5.89. The van der Waals surface area contributed by atoms with Crippen molar-refractivity contribution >= 4 is 5.97 Å². The Hall–Kier alpha value is -2.33. The summed E-state index contributed by atoms with van der Waals surface area (Å²) in [7, 11) is 1.88. The van der Waals surface area contributed by atoms with Crippen molar-refractivity contribution in [2.24, 2.45) is 0 Å². The molecule has 4 nitrogen and oxygen atoms in total. The van der Waals surface area contributed by atoms with Crippen LogP contribution in [-0.2, 0) is 0 Å². The van der Waals surface area contributed by atoms with Crippen LogP contribution in [-0.4, -0.2) is 31.3 Å². The summed E-state index contributed by atoms with van der Waals surface area (Å²) in [5.74, 6) is -0.0658. The van der Waals surface area contributed by atoms with Gasteiger partial charge in [-0.15, -0.1) is 0 Å². The van der Waals surface area contributed by atoms with Crippen molar-refractivity contribution in [3.8, 4) is 16.9 Å². The number of aromatic carboxylic acids is 1. The summed E-state index contributed by atoms with van der Waals surface area (Å²) in [6.07, 6.45) is 0. The molecule has 0 spiro atoms. The van der Waals surface area contributed by atoms with Crippen molar-refractivity contribution in [1.82, 2.24) is 5.32 Å². The fourth-order valence-corrected chi connectivity index (χ4v) is 2.09. The van der Waals surface area contributed by atoms with Gasteiger partial charge < -0.3 is 15.2 Å². The van der Waals surface area contributed by atoms with E-state index in [4.69, 9.17) is 9.84 Å². The molecule has 0 aromatic heterocycles. The number of likely N-dealkylation sites (N-methyl/N-ethyl adjacent to an activating group) is 1. The van der Waals surface area contributed by atoms with Crippen LogP contribution >= 0.6 is 0 Å². The number of hydrogen-bond acceptors (Lipinski definition) is 3. The second kappa shape index (κ2) is 6.90. The number of ether oxygens (including phenoxy) is 1. The Balaban J connectivity index is 2.23. The van der Waals surface area contributed by atoms with E-state index >= 15 is 0 Å². The molecule has 0 saturated carbocycles. The van der Waals surface area contributed by atoms with Crippen LogP contribution in [0.15, 0.2) is 42.5 Å². The van der Waals surface area contributed by atoms with Crippen LogP contribution in [0.2, 0.25) is 0 Å².